The summed E-state index contributed by atoms with van der Waals surface area (Å²) >= 11 is 11.0. The normalized spacial score (nSPS) is 18.7. The summed E-state index contributed by atoms with van der Waals surface area (Å²) in [6.07, 6.45) is 4.86. The van der Waals surface area contributed by atoms with Gasteiger partial charge in [-0.2, -0.15) is 4.68 Å². The number of rotatable bonds is 5. The molecule has 1 saturated heterocycles. The third-order valence-electron chi connectivity index (χ3n) is 3.98. The van der Waals surface area contributed by atoms with Gasteiger partial charge in [-0.15, -0.1) is 0 Å². The zero-order valence-corrected chi connectivity index (χ0v) is 14.8. The molecule has 3 heterocycles. The SMILES string of the molecule is O=C1/C(=C\c2ccc(Cn3cc(Cl)c([N+](=O)[O-])n3)o2)NC(=S)N1C1CC1. The van der Waals surface area contributed by atoms with Crippen molar-refractivity contribution in [3.05, 3.63) is 50.7 Å². The standard InChI is InChI=1S/C15H12ClN5O4S/c16-11-7-19(18-13(11)21(23)24)6-10-4-3-9(25-10)5-12-14(22)20(8-1-2-8)15(26)17-12/h3-5,7-8H,1-2,6H2,(H,17,26)/b12-5+. The van der Waals surface area contributed by atoms with E-state index in [2.05, 4.69) is 10.4 Å². The number of carbonyl (C=O) groups is 1. The topological polar surface area (TPSA) is 106 Å². The molecule has 134 valence electrons. The maximum Gasteiger partial charge on any atom is 0.408 e. The maximum absolute atomic E-state index is 12.4. The second kappa shape index (κ2) is 6.22. The smallest absolute Gasteiger partial charge is 0.408 e. The van der Waals surface area contributed by atoms with E-state index in [1.54, 1.807) is 23.1 Å². The Hall–Kier alpha value is -2.72. The minimum atomic E-state index is -0.650. The molecule has 1 amide bonds. The third-order valence-corrected chi connectivity index (χ3v) is 4.55. The number of hydrogen-bond acceptors (Lipinski definition) is 6. The lowest BCUT2D eigenvalue weighted by molar-refractivity contribution is -0.389. The zero-order chi connectivity index (χ0) is 18.4. The predicted octanol–water partition coefficient (Wildman–Crippen LogP) is 2.31. The molecule has 1 aliphatic carbocycles. The fourth-order valence-corrected chi connectivity index (χ4v) is 3.23. The van der Waals surface area contributed by atoms with Gasteiger partial charge in [-0.3, -0.25) is 9.69 Å². The first kappa shape index (κ1) is 16.7. The van der Waals surface area contributed by atoms with Crippen LogP contribution in [-0.2, 0) is 11.3 Å². The minimum Gasteiger partial charge on any atom is -0.460 e. The third kappa shape index (κ3) is 3.08. The van der Waals surface area contributed by atoms with Crippen LogP contribution in [0.5, 0.6) is 0 Å². The van der Waals surface area contributed by atoms with Gasteiger partial charge in [-0.05, 0) is 42.1 Å². The molecule has 0 spiro atoms. The van der Waals surface area contributed by atoms with E-state index < -0.39 is 10.7 Å². The molecule has 2 aromatic heterocycles. The molecule has 4 rings (SSSR count). The molecule has 0 atom stereocenters. The van der Waals surface area contributed by atoms with Gasteiger partial charge in [0, 0.05) is 12.1 Å². The Morgan fingerprint density at radius 3 is 2.92 bits per heavy atom. The Morgan fingerprint density at radius 1 is 1.50 bits per heavy atom. The summed E-state index contributed by atoms with van der Waals surface area (Å²) in [7, 11) is 0. The Kier molecular flexibility index (Phi) is 4.00. The molecule has 2 aromatic rings. The van der Waals surface area contributed by atoms with Gasteiger partial charge in [0.1, 0.15) is 23.8 Å². The first-order valence-corrected chi connectivity index (χ1v) is 8.53. The van der Waals surface area contributed by atoms with Crippen LogP contribution in [0.4, 0.5) is 5.82 Å². The number of nitro groups is 1. The number of carbonyl (C=O) groups excluding carboxylic acids is 1. The molecular weight excluding hydrogens is 382 g/mol. The van der Waals surface area contributed by atoms with Crippen LogP contribution in [0.15, 0.2) is 28.4 Å². The van der Waals surface area contributed by atoms with Crippen molar-refractivity contribution in [3.8, 4) is 0 Å². The Morgan fingerprint density at radius 2 is 2.27 bits per heavy atom. The predicted molar refractivity (Wildman–Crippen MR) is 95.3 cm³/mol. The first-order valence-electron chi connectivity index (χ1n) is 7.74. The molecule has 26 heavy (non-hydrogen) atoms. The number of amides is 1. The van der Waals surface area contributed by atoms with Crippen molar-refractivity contribution in [2.45, 2.75) is 25.4 Å². The van der Waals surface area contributed by atoms with Crippen molar-refractivity contribution >= 4 is 46.7 Å². The molecule has 2 fully saturated rings. The molecule has 1 aliphatic heterocycles. The summed E-state index contributed by atoms with van der Waals surface area (Å²) < 4.78 is 6.97. The highest BCUT2D eigenvalue weighted by Gasteiger charge is 2.41. The molecule has 11 heteroatoms. The Labute approximate surface area is 157 Å². The van der Waals surface area contributed by atoms with Crippen LogP contribution in [0, 0.1) is 10.1 Å². The van der Waals surface area contributed by atoms with Gasteiger partial charge in [0.2, 0.25) is 0 Å². The fraction of sp³-hybridized carbons (Fsp3) is 0.267. The van der Waals surface area contributed by atoms with Crippen LogP contribution in [0.3, 0.4) is 0 Å². The number of nitrogens with zero attached hydrogens (tertiary/aromatic N) is 4. The van der Waals surface area contributed by atoms with Gasteiger partial charge in [0.05, 0.1) is 11.3 Å². The molecule has 0 aromatic carbocycles. The van der Waals surface area contributed by atoms with E-state index in [0.29, 0.717) is 22.3 Å². The number of halogens is 1. The summed E-state index contributed by atoms with van der Waals surface area (Å²) in [6.45, 7) is 0.171. The monoisotopic (exact) mass is 393 g/mol. The molecule has 0 radical (unpaired) electrons. The second-order valence-electron chi connectivity index (χ2n) is 5.95. The van der Waals surface area contributed by atoms with Crippen molar-refractivity contribution < 1.29 is 14.1 Å². The molecule has 9 nitrogen and oxygen atoms in total. The van der Waals surface area contributed by atoms with Crippen molar-refractivity contribution in [1.82, 2.24) is 20.0 Å². The van der Waals surface area contributed by atoms with Gasteiger partial charge >= 0.3 is 5.82 Å². The Balaban J connectivity index is 1.50. The maximum atomic E-state index is 12.4. The van der Waals surface area contributed by atoms with E-state index in [0.717, 1.165) is 12.8 Å². The van der Waals surface area contributed by atoms with E-state index in [9.17, 15) is 14.9 Å². The lowest BCUT2D eigenvalue weighted by Crippen LogP contribution is -2.32. The number of aromatic nitrogens is 2. The fourth-order valence-electron chi connectivity index (χ4n) is 2.66. The van der Waals surface area contributed by atoms with Crippen LogP contribution in [0.25, 0.3) is 6.08 Å². The van der Waals surface area contributed by atoms with Crippen molar-refractivity contribution in [2.75, 3.05) is 0 Å². The number of thiocarbonyl (C=S) groups is 1. The Bertz CT molecular complexity index is 961. The van der Waals surface area contributed by atoms with Gasteiger partial charge in [0.25, 0.3) is 5.91 Å². The molecular formula is C15H12ClN5O4S. The summed E-state index contributed by atoms with van der Waals surface area (Å²) in [5.41, 5.74) is 0.362. The molecule has 0 unspecified atom stereocenters. The van der Waals surface area contributed by atoms with Gasteiger partial charge < -0.3 is 19.8 Å². The van der Waals surface area contributed by atoms with Crippen LogP contribution in [0.2, 0.25) is 5.02 Å². The van der Waals surface area contributed by atoms with Crippen LogP contribution in [0.1, 0.15) is 24.4 Å². The van der Waals surface area contributed by atoms with E-state index >= 15 is 0 Å². The summed E-state index contributed by atoms with van der Waals surface area (Å²) in [6, 6.07) is 3.59. The van der Waals surface area contributed by atoms with E-state index in [1.807, 2.05) is 0 Å². The first-order chi connectivity index (χ1) is 12.4. The number of nitrogens with one attached hydrogen (secondary N) is 1. The summed E-state index contributed by atoms with van der Waals surface area (Å²) in [5.74, 6) is 0.405. The molecule has 1 saturated carbocycles. The van der Waals surface area contributed by atoms with Crippen molar-refractivity contribution in [2.24, 2.45) is 0 Å². The minimum absolute atomic E-state index is 0.0432. The van der Waals surface area contributed by atoms with Crippen LogP contribution < -0.4 is 5.32 Å². The number of furan rings is 1. The second-order valence-corrected chi connectivity index (χ2v) is 6.75. The van der Waals surface area contributed by atoms with E-state index in [-0.39, 0.29) is 23.5 Å². The van der Waals surface area contributed by atoms with E-state index in [4.69, 9.17) is 28.2 Å². The number of hydrogen-bond donors (Lipinski definition) is 1. The lowest BCUT2D eigenvalue weighted by atomic mass is 10.3. The van der Waals surface area contributed by atoms with Gasteiger partial charge in [0.15, 0.2) is 10.1 Å². The van der Waals surface area contributed by atoms with Crippen LogP contribution in [-0.4, -0.2) is 36.7 Å². The largest absolute Gasteiger partial charge is 0.460 e. The highest BCUT2D eigenvalue weighted by atomic mass is 35.5. The van der Waals surface area contributed by atoms with Crippen LogP contribution >= 0.6 is 23.8 Å². The average molecular weight is 394 g/mol. The molecule has 1 N–H and O–H groups in total. The lowest BCUT2D eigenvalue weighted by Gasteiger charge is -2.11. The average Bonchev–Trinajstić information content (AvgIpc) is 3.09. The van der Waals surface area contributed by atoms with Crippen molar-refractivity contribution in [3.63, 3.8) is 0 Å². The molecule has 2 aliphatic rings. The summed E-state index contributed by atoms with van der Waals surface area (Å²) in [4.78, 5) is 24.1. The highest BCUT2D eigenvalue weighted by Crippen LogP contribution is 2.31. The van der Waals surface area contributed by atoms with Crippen molar-refractivity contribution in [1.29, 1.82) is 0 Å². The summed E-state index contributed by atoms with van der Waals surface area (Å²) in [5, 5.41) is 17.8. The van der Waals surface area contributed by atoms with Gasteiger partial charge in [-0.25, -0.2) is 0 Å². The zero-order valence-electron chi connectivity index (χ0n) is 13.2. The quantitative estimate of drug-likeness (QED) is 0.359. The van der Waals surface area contributed by atoms with E-state index in [1.165, 1.54) is 10.9 Å². The van der Waals surface area contributed by atoms with Gasteiger partial charge in [-0.1, -0.05) is 11.6 Å². The molecule has 0 bridgehead atoms. The highest BCUT2D eigenvalue weighted by molar-refractivity contribution is 7.80.